The van der Waals surface area contributed by atoms with Gasteiger partial charge >= 0.3 is 5.97 Å². The van der Waals surface area contributed by atoms with Crippen LogP contribution in [-0.4, -0.2) is 36.3 Å². The molecule has 2 heterocycles. The predicted octanol–water partition coefficient (Wildman–Crippen LogP) is 1.15. The van der Waals surface area contributed by atoms with E-state index in [4.69, 9.17) is 5.11 Å². The Morgan fingerprint density at radius 3 is 2.79 bits per heavy atom. The number of aromatic nitrogens is 5. The van der Waals surface area contributed by atoms with E-state index in [9.17, 15) is 4.79 Å². The number of tetrazole rings is 1. The standard InChI is InChI=1S/C12H15N5O2/c1-8-4-9(6-13-5-8)10-14-15-16-17(10)7-12(2,3)11(18)19/h4-6H,7H2,1-3H3,(H,18,19). The first-order valence-electron chi connectivity index (χ1n) is 5.82. The minimum atomic E-state index is -0.943. The van der Waals surface area contributed by atoms with Gasteiger partial charge in [0.05, 0.1) is 12.0 Å². The van der Waals surface area contributed by atoms with Crippen LogP contribution in [0.2, 0.25) is 0 Å². The quantitative estimate of drug-likeness (QED) is 0.887. The number of aryl methyl sites for hydroxylation is 1. The summed E-state index contributed by atoms with van der Waals surface area (Å²) >= 11 is 0. The van der Waals surface area contributed by atoms with E-state index in [-0.39, 0.29) is 6.54 Å². The van der Waals surface area contributed by atoms with Crippen molar-refractivity contribution in [3.63, 3.8) is 0 Å². The fraction of sp³-hybridized carbons (Fsp3) is 0.417. The molecule has 1 N–H and O–H groups in total. The van der Waals surface area contributed by atoms with Gasteiger partial charge in [-0.2, -0.15) is 0 Å². The average Bonchev–Trinajstić information content (AvgIpc) is 2.76. The molecule has 2 rings (SSSR count). The molecule has 0 spiro atoms. The fourth-order valence-corrected chi connectivity index (χ4v) is 1.64. The third-order valence-corrected chi connectivity index (χ3v) is 2.79. The van der Waals surface area contributed by atoms with Crippen LogP contribution in [0.4, 0.5) is 0 Å². The lowest BCUT2D eigenvalue weighted by Gasteiger charge is -2.19. The molecule has 0 fully saturated rings. The van der Waals surface area contributed by atoms with E-state index >= 15 is 0 Å². The highest BCUT2D eigenvalue weighted by Gasteiger charge is 2.29. The molecule has 0 atom stereocenters. The molecule has 0 aliphatic rings. The molecule has 7 nitrogen and oxygen atoms in total. The number of hydrogen-bond acceptors (Lipinski definition) is 5. The molecule has 2 aromatic rings. The molecule has 0 amide bonds. The Morgan fingerprint density at radius 2 is 2.16 bits per heavy atom. The smallest absolute Gasteiger partial charge is 0.310 e. The van der Waals surface area contributed by atoms with Crippen molar-refractivity contribution in [3.8, 4) is 11.4 Å². The third-order valence-electron chi connectivity index (χ3n) is 2.79. The zero-order valence-corrected chi connectivity index (χ0v) is 11.0. The van der Waals surface area contributed by atoms with Crippen molar-refractivity contribution in [3.05, 3.63) is 24.0 Å². The zero-order chi connectivity index (χ0) is 14.0. The van der Waals surface area contributed by atoms with Crippen LogP contribution in [0.15, 0.2) is 18.5 Å². The molecule has 0 unspecified atom stereocenters. The summed E-state index contributed by atoms with van der Waals surface area (Å²) in [6.07, 6.45) is 3.39. The lowest BCUT2D eigenvalue weighted by atomic mass is 9.94. The van der Waals surface area contributed by atoms with E-state index in [1.807, 2.05) is 13.0 Å². The lowest BCUT2D eigenvalue weighted by Crippen LogP contribution is -2.30. The molecular formula is C12H15N5O2. The van der Waals surface area contributed by atoms with E-state index in [0.717, 1.165) is 11.1 Å². The van der Waals surface area contributed by atoms with Crippen LogP contribution in [-0.2, 0) is 11.3 Å². The molecule has 0 aliphatic heterocycles. The molecule has 2 aromatic heterocycles. The van der Waals surface area contributed by atoms with Gasteiger partial charge in [-0.1, -0.05) is 0 Å². The van der Waals surface area contributed by atoms with Crippen LogP contribution in [0.25, 0.3) is 11.4 Å². The molecule has 100 valence electrons. The van der Waals surface area contributed by atoms with Crippen molar-refractivity contribution in [2.24, 2.45) is 5.41 Å². The van der Waals surface area contributed by atoms with E-state index in [1.54, 1.807) is 26.2 Å². The van der Waals surface area contributed by atoms with Crippen LogP contribution >= 0.6 is 0 Å². The van der Waals surface area contributed by atoms with E-state index < -0.39 is 11.4 Å². The second kappa shape index (κ2) is 4.75. The highest BCUT2D eigenvalue weighted by atomic mass is 16.4. The number of hydrogen-bond donors (Lipinski definition) is 1. The Bertz CT molecular complexity index is 606. The van der Waals surface area contributed by atoms with Crippen molar-refractivity contribution >= 4 is 5.97 Å². The molecule has 0 aliphatic carbocycles. The number of carboxylic acid groups (broad SMARTS) is 1. The Morgan fingerprint density at radius 1 is 1.42 bits per heavy atom. The summed E-state index contributed by atoms with van der Waals surface area (Å²) in [5, 5.41) is 20.6. The van der Waals surface area contributed by atoms with Gasteiger partial charge in [0.2, 0.25) is 0 Å². The van der Waals surface area contributed by atoms with E-state index in [1.165, 1.54) is 4.68 Å². The van der Waals surface area contributed by atoms with Crippen molar-refractivity contribution < 1.29 is 9.90 Å². The summed E-state index contributed by atoms with van der Waals surface area (Å²) in [7, 11) is 0. The molecule has 0 saturated carbocycles. The third kappa shape index (κ3) is 2.75. The monoisotopic (exact) mass is 261 g/mol. The Labute approximate surface area is 110 Å². The minimum Gasteiger partial charge on any atom is -0.481 e. The van der Waals surface area contributed by atoms with E-state index in [0.29, 0.717) is 5.82 Å². The molecular weight excluding hydrogens is 246 g/mol. The number of nitrogens with zero attached hydrogens (tertiary/aromatic N) is 5. The van der Waals surface area contributed by atoms with Gasteiger partial charge in [-0.05, 0) is 42.8 Å². The highest BCUT2D eigenvalue weighted by Crippen LogP contribution is 2.22. The number of aliphatic carboxylic acids is 1. The molecule has 0 aromatic carbocycles. The molecule has 19 heavy (non-hydrogen) atoms. The van der Waals surface area contributed by atoms with Crippen LogP contribution in [0.1, 0.15) is 19.4 Å². The first kappa shape index (κ1) is 13.1. The number of carboxylic acids is 1. The Kier molecular flexibility index (Phi) is 3.28. The van der Waals surface area contributed by atoms with Gasteiger partial charge in [0, 0.05) is 18.0 Å². The van der Waals surface area contributed by atoms with Gasteiger partial charge in [-0.25, -0.2) is 4.68 Å². The summed E-state index contributed by atoms with van der Waals surface area (Å²) < 4.78 is 1.49. The maximum Gasteiger partial charge on any atom is 0.310 e. The van der Waals surface area contributed by atoms with Crippen molar-refractivity contribution in [1.82, 2.24) is 25.2 Å². The maximum atomic E-state index is 11.2. The van der Waals surface area contributed by atoms with E-state index in [2.05, 4.69) is 20.5 Å². The minimum absolute atomic E-state index is 0.193. The predicted molar refractivity (Wildman–Crippen MR) is 67.2 cm³/mol. The molecule has 0 saturated heterocycles. The maximum absolute atomic E-state index is 11.2. The van der Waals surface area contributed by atoms with Gasteiger partial charge in [0.15, 0.2) is 5.82 Å². The second-order valence-corrected chi connectivity index (χ2v) is 5.10. The fourth-order valence-electron chi connectivity index (χ4n) is 1.64. The summed E-state index contributed by atoms with van der Waals surface area (Å²) in [4.78, 5) is 15.2. The van der Waals surface area contributed by atoms with Crippen LogP contribution in [0.3, 0.4) is 0 Å². The lowest BCUT2D eigenvalue weighted by molar-refractivity contribution is -0.147. The van der Waals surface area contributed by atoms with Gasteiger partial charge < -0.3 is 5.11 Å². The zero-order valence-electron chi connectivity index (χ0n) is 11.0. The summed E-state index contributed by atoms with van der Waals surface area (Å²) in [6.45, 7) is 5.38. The molecule has 0 bridgehead atoms. The van der Waals surface area contributed by atoms with Crippen molar-refractivity contribution in [1.29, 1.82) is 0 Å². The second-order valence-electron chi connectivity index (χ2n) is 5.10. The van der Waals surface area contributed by atoms with Gasteiger partial charge in [0.1, 0.15) is 0 Å². The highest BCUT2D eigenvalue weighted by molar-refractivity contribution is 5.73. The molecule has 7 heteroatoms. The first-order chi connectivity index (χ1) is 8.90. The SMILES string of the molecule is Cc1cncc(-c2nnnn2CC(C)(C)C(=O)O)c1. The Hall–Kier alpha value is -2.31. The van der Waals surface area contributed by atoms with Crippen LogP contribution in [0.5, 0.6) is 0 Å². The largest absolute Gasteiger partial charge is 0.481 e. The molecule has 0 radical (unpaired) electrons. The summed E-state index contributed by atoms with van der Waals surface area (Å²) in [6, 6.07) is 1.91. The summed E-state index contributed by atoms with van der Waals surface area (Å²) in [5.41, 5.74) is 0.817. The number of carbonyl (C=O) groups is 1. The number of pyridine rings is 1. The van der Waals surface area contributed by atoms with Gasteiger partial charge in [-0.3, -0.25) is 9.78 Å². The summed E-state index contributed by atoms with van der Waals surface area (Å²) in [5.74, 6) is -0.373. The topological polar surface area (TPSA) is 93.8 Å². The first-order valence-corrected chi connectivity index (χ1v) is 5.82. The van der Waals surface area contributed by atoms with Crippen LogP contribution < -0.4 is 0 Å². The Balaban J connectivity index is 2.36. The normalized spacial score (nSPS) is 11.5. The van der Waals surface area contributed by atoms with Crippen molar-refractivity contribution in [2.75, 3.05) is 0 Å². The van der Waals surface area contributed by atoms with Crippen molar-refractivity contribution in [2.45, 2.75) is 27.3 Å². The van der Waals surface area contributed by atoms with Gasteiger partial charge in [0.25, 0.3) is 0 Å². The van der Waals surface area contributed by atoms with Crippen LogP contribution in [0, 0.1) is 12.3 Å². The van der Waals surface area contributed by atoms with Gasteiger partial charge in [-0.15, -0.1) is 5.10 Å². The average molecular weight is 261 g/mol. The number of rotatable bonds is 4.